The molecule has 2 heterocycles. The standard InChI is InChI=1S/C23H29N3O/c1-2-3-14-25-15-8-10-19(17-25)24-23(27)26-16-18-9-4-5-11-20(18)21-12-6-7-13-22(21)26/h4-7,9,11-13,19H,2-3,8,10,14-17H2,1H3,(H,24,27). The van der Waals surface area contributed by atoms with Crippen LogP contribution in [0.15, 0.2) is 48.5 Å². The molecule has 1 saturated heterocycles. The van der Waals surface area contributed by atoms with Gasteiger partial charge in [0.2, 0.25) is 0 Å². The molecule has 1 fully saturated rings. The van der Waals surface area contributed by atoms with Crippen LogP contribution in [0.4, 0.5) is 10.5 Å². The number of hydrogen-bond acceptors (Lipinski definition) is 2. The highest BCUT2D eigenvalue weighted by Crippen LogP contribution is 2.38. The maximum atomic E-state index is 13.2. The number of rotatable bonds is 4. The maximum Gasteiger partial charge on any atom is 0.322 e. The van der Waals surface area contributed by atoms with Crippen LogP contribution in [0, 0.1) is 0 Å². The number of nitrogens with zero attached hydrogens (tertiary/aromatic N) is 2. The molecule has 1 unspecified atom stereocenters. The lowest BCUT2D eigenvalue weighted by Gasteiger charge is -2.36. The smallest absolute Gasteiger partial charge is 0.322 e. The molecule has 4 heteroatoms. The first kappa shape index (κ1) is 18.1. The van der Waals surface area contributed by atoms with E-state index in [4.69, 9.17) is 0 Å². The molecule has 2 aliphatic heterocycles. The van der Waals surface area contributed by atoms with Crippen molar-refractivity contribution in [2.45, 2.75) is 45.2 Å². The van der Waals surface area contributed by atoms with E-state index in [0.29, 0.717) is 6.54 Å². The Labute approximate surface area is 162 Å². The number of carbonyl (C=O) groups is 1. The zero-order valence-electron chi connectivity index (χ0n) is 16.2. The fraction of sp³-hybridized carbons (Fsp3) is 0.435. The summed E-state index contributed by atoms with van der Waals surface area (Å²) in [7, 11) is 0. The number of nitrogens with one attached hydrogen (secondary N) is 1. The van der Waals surface area contributed by atoms with Crippen LogP contribution in [0.5, 0.6) is 0 Å². The highest BCUT2D eigenvalue weighted by Gasteiger charge is 2.28. The van der Waals surface area contributed by atoms with E-state index in [0.717, 1.165) is 43.7 Å². The Hall–Kier alpha value is -2.33. The van der Waals surface area contributed by atoms with Crippen molar-refractivity contribution in [1.29, 1.82) is 0 Å². The van der Waals surface area contributed by atoms with Crippen LogP contribution in [-0.4, -0.2) is 36.6 Å². The summed E-state index contributed by atoms with van der Waals surface area (Å²) in [5.41, 5.74) is 4.59. The van der Waals surface area contributed by atoms with E-state index < -0.39 is 0 Å². The van der Waals surface area contributed by atoms with Gasteiger partial charge in [-0.25, -0.2) is 4.79 Å². The SMILES string of the molecule is CCCCN1CCCC(NC(=O)N2Cc3ccccc3-c3ccccc32)C1. The van der Waals surface area contributed by atoms with Crippen LogP contribution >= 0.6 is 0 Å². The van der Waals surface area contributed by atoms with E-state index in [1.165, 1.54) is 24.0 Å². The van der Waals surface area contributed by atoms with Gasteiger partial charge in [0, 0.05) is 18.2 Å². The molecule has 1 N–H and O–H groups in total. The summed E-state index contributed by atoms with van der Waals surface area (Å²) in [4.78, 5) is 17.6. The summed E-state index contributed by atoms with van der Waals surface area (Å²) in [5.74, 6) is 0. The molecule has 0 aliphatic carbocycles. The zero-order valence-corrected chi connectivity index (χ0v) is 16.2. The number of piperidine rings is 1. The van der Waals surface area contributed by atoms with Gasteiger partial charge in [-0.1, -0.05) is 55.8 Å². The van der Waals surface area contributed by atoms with E-state index in [9.17, 15) is 4.79 Å². The molecular weight excluding hydrogens is 334 g/mol. The van der Waals surface area contributed by atoms with Crippen LogP contribution in [0.25, 0.3) is 11.1 Å². The minimum absolute atomic E-state index is 0.0271. The summed E-state index contributed by atoms with van der Waals surface area (Å²) < 4.78 is 0. The van der Waals surface area contributed by atoms with E-state index in [1.54, 1.807) is 0 Å². The van der Waals surface area contributed by atoms with Crippen molar-refractivity contribution in [2.75, 3.05) is 24.5 Å². The fourth-order valence-electron chi connectivity index (χ4n) is 4.31. The van der Waals surface area contributed by atoms with Crippen molar-refractivity contribution in [3.05, 3.63) is 54.1 Å². The van der Waals surface area contributed by atoms with E-state index in [1.807, 2.05) is 17.0 Å². The monoisotopic (exact) mass is 363 g/mol. The quantitative estimate of drug-likeness (QED) is 0.858. The number of carbonyl (C=O) groups excluding carboxylic acids is 1. The summed E-state index contributed by atoms with van der Waals surface area (Å²) in [5, 5.41) is 3.31. The number of hydrogen-bond donors (Lipinski definition) is 1. The van der Waals surface area contributed by atoms with Gasteiger partial charge in [-0.15, -0.1) is 0 Å². The van der Waals surface area contributed by atoms with Crippen molar-refractivity contribution in [3.8, 4) is 11.1 Å². The molecule has 0 bridgehead atoms. The van der Waals surface area contributed by atoms with Gasteiger partial charge >= 0.3 is 6.03 Å². The third-order valence-corrected chi connectivity index (χ3v) is 5.74. The number of unbranched alkanes of at least 4 members (excludes halogenated alkanes) is 1. The summed E-state index contributed by atoms with van der Waals surface area (Å²) in [6, 6.07) is 16.9. The van der Waals surface area contributed by atoms with Gasteiger partial charge in [0.05, 0.1) is 12.2 Å². The summed E-state index contributed by atoms with van der Waals surface area (Å²) >= 11 is 0. The summed E-state index contributed by atoms with van der Waals surface area (Å²) in [6.07, 6.45) is 4.68. The van der Waals surface area contributed by atoms with Crippen molar-refractivity contribution >= 4 is 11.7 Å². The van der Waals surface area contributed by atoms with Crippen molar-refractivity contribution in [3.63, 3.8) is 0 Å². The lowest BCUT2D eigenvalue weighted by atomic mass is 9.93. The third kappa shape index (κ3) is 3.86. The van der Waals surface area contributed by atoms with Gasteiger partial charge in [-0.05, 0) is 49.5 Å². The second-order valence-corrected chi connectivity index (χ2v) is 7.70. The molecule has 2 aliphatic rings. The van der Waals surface area contributed by atoms with Gasteiger partial charge in [0.25, 0.3) is 0 Å². The third-order valence-electron chi connectivity index (χ3n) is 5.74. The van der Waals surface area contributed by atoms with Crippen LogP contribution in [-0.2, 0) is 6.54 Å². The zero-order chi connectivity index (χ0) is 18.6. The second kappa shape index (κ2) is 8.13. The molecule has 1 atom stereocenters. The fourth-order valence-corrected chi connectivity index (χ4v) is 4.31. The van der Waals surface area contributed by atoms with Gasteiger partial charge < -0.3 is 10.2 Å². The first-order valence-electron chi connectivity index (χ1n) is 10.2. The molecule has 27 heavy (non-hydrogen) atoms. The van der Waals surface area contributed by atoms with Gasteiger partial charge in [-0.3, -0.25) is 4.90 Å². The molecule has 4 nitrogen and oxygen atoms in total. The molecule has 4 rings (SSSR count). The van der Waals surface area contributed by atoms with Crippen LogP contribution in [0.3, 0.4) is 0 Å². The minimum atomic E-state index is 0.0271. The van der Waals surface area contributed by atoms with E-state index in [-0.39, 0.29) is 12.1 Å². The Kier molecular flexibility index (Phi) is 5.44. The van der Waals surface area contributed by atoms with E-state index >= 15 is 0 Å². The number of urea groups is 1. The Morgan fingerprint density at radius 2 is 1.89 bits per heavy atom. The molecule has 142 valence electrons. The van der Waals surface area contributed by atoms with Gasteiger partial charge in [-0.2, -0.15) is 0 Å². The Morgan fingerprint density at radius 3 is 2.74 bits per heavy atom. The van der Waals surface area contributed by atoms with Gasteiger partial charge in [0.1, 0.15) is 0 Å². The molecule has 0 radical (unpaired) electrons. The minimum Gasteiger partial charge on any atom is -0.334 e. The van der Waals surface area contributed by atoms with Crippen molar-refractivity contribution in [1.82, 2.24) is 10.2 Å². The normalized spacial score (nSPS) is 19.3. The number of anilines is 1. The second-order valence-electron chi connectivity index (χ2n) is 7.70. The van der Waals surface area contributed by atoms with Gasteiger partial charge in [0.15, 0.2) is 0 Å². The highest BCUT2D eigenvalue weighted by atomic mass is 16.2. The predicted molar refractivity (Wildman–Crippen MR) is 111 cm³/mol. The molecule has 0 aromatic heterocycles. The Balaban J connectivity index is 1.49. The molecule has 0 saturated carbocycles. The predicted octanol–water partition coefficient (Wildman–Crippen LogP) is 4.65. The van der Waals surface area contributed by atoms with Crippen LogP contribution in [0.2, 0.25) is 0 Å². The number of para-hydroxylation sites is 1. The average molecular weight is 364 g/mol. The average Bonchev–Trinajstić information content (AvgIpc) is 2.72. The lowest BCUT2D eigenvalue weighted by Crippen LogP contribution is -2.52. The first-order chi connectivity index (χ1) is 13.3. The molecule has 2 amide bonds. The van der Waals surface area contributed by atoms with Crippen molar-refractivity contribution < 1.29 is 4.79 Å². The molecule has 2 aromatic rings. The number of fused-ring (bicyclic) bond motifs is 3. The van der Waals surface area contributed by atoms with Crippen LogP contribution < -0.4 is 10.2 Å². The Bertz CT molecular complexity index is 804. The van der Waals surface area contributed by atoms with E-state index in [2.05, 4.69) is 53.5 Å². The molecule has 2 aromatic carbocycles. The topological polar surface area (TPSA) is 35.6 Å². The van der Waals surface area contributed by atoms with Crippen molar-refractivity contribution in [2.24, 2.45) is 0 Å². The summed E-state index contributed by atoms with van der Waals surface area (Å²) in [6.45, 7) is 6.13. The molecule has 0 spiro atoms. The lowest BCUT2D eigenvalue weighted by molar-refractivity contribution is 0.186. The number of likely N-dealkylation sites (tertiary alicyclic amines) is 1. The molecular formula is C23H29N3O. The Morgan fingerprint density at radius 1 is 1.11 bits per heavy atom. The maximum absolute atomic E-state index is 13.2. The largest absolute Gasteiger partial charge is 0.334 e. The van der Waals surface area contributed by atoms with Crippen LogP contribution in [0.1, 0.15) is 38.2 Å². The number of amides is 2. The highest BCUT2D eigenvalue weighted by molar-refractivity contribution is 5.99. The number of benzene rings is 2. The first-order valence-corrected chi connectivity index (χ1v) is 10.2.